The molecule has 2 N–H and O–H groups in total. The highest BCUT2D eigenvalue weighted by Crippen LogP contribution is 2.38. The second-order valence-corrected chi connectivity index (χ2v) is 4.43. The van der Waals surface area contributed by atoms with Gasteiger partial charge in [0.15, 0.2) is 0 Å². The van der Waals surface area contributed by atoms with Crippen LogP contribution in [0.3, 0.4) is 0 Å². The van der Waals surface area contributed by atoms with Crippen LogP contribution in [0.2, 0.25) is 0 Å². The number of rotatable bonds is 3. The summed E-state index contributed by atoms with van der Waals surface area (Å²) >= 11 is 0. The van der Waals surface area contributed by atoms with Gasteiger partial charge < -0.3 is 10.5 Å². The normalized spacial score (nSPS) is 17.6. The lowest BCUT2D eigenvalue weighted by atomic mass is 9.91. The molecule has 2 rings (SSSR count). The minimum absolute atomic E-state index is 0. The lowest BCUT2D eigenvalue weighted by Gasteiger charge is -2.21. The van der Waals surface area contributed by atoms with E-state index in [9.17, 15) is 4.39 Å². The van der Waals surface area contributed by atoms with Gasteiger partial charge in [0.25, 0.3) is 0 Å². The van der Waals surface area contributed by atoms with E-state index in [1.807, 2.05) is 0 Å². The summed E-state index contributed by atoms with van der Waals surface area (Å²) in [5, 5.41) is 0. The fourth-order valence-corrected chi connectivity index (χ4v) is 2.57. The predicted molar refractivity (Wildman–Crippen MR) is 69.1 cm³/mol. The van der Waals surface area contributed by atoms with Crippen molar-refractivity contribution >= 4 is 12.4 Å². The first-order valence-corrected chi connectivity index (χ1v) is 5.82. The highest BCUT2D eigenvalue weighted by molar-refractivity contribution is 5.85. The summed E-state index contributed by atoms with van der Waals surface area (Å²) < 4.78 is 19.0. The zero-order valence-electron chi connectivity index (χ0n) is 9.99. The van der Waals surface area contributed by atoms with E-state index in [1.165, 1.54) is 18.9 Å². The molecule has 1 saturated carbocycles. The van der Waals surface area contributed by atoms with Gasteiger partial charge in [0.05, 0.1) is 7.11 Å². The molecule has 17 heavy (non-hydrogen) atoms. The summed E-state index contributed by atoms with van der Waals surface area (Å²) in [6.45, 7) is 0. The molecular formula is C13H19ClFNO. The van der Waals surface area contributed by atoms with Crippen molar-refractivity contribution in [3.05, 3.63) is 29.6 Å². The summed E-state index contributed by atoms with van der Waals surface area (Å²) in [5.74, 6) is 0.712. The smallest absolute Gasteiger partial charge is 0.131 e. The monoisotopic (exact) mass is 259 g/mol. The van der Waals surface area contributed by atoms with Crippen molar-refractivity contribution < 1.29 is 9.13 Å². The Hall–Kier alpha value is -0.800. The van der Waals surface area contributed by atoms with E-state index >= 15 is 0 Å². The molecule has 0 unspecified atom stereocenters. The third-order valence-corrected chi connectivity index (χ3v) is 3.47. The fourth-order valence-electron chi connectivity index (χ4n) is 2.57. The maximum Gasteiger partial charge on any atom is 0.131 e. The van der Waals surface area contributed by atoms with Crippen LogP contribution in [0.4, 0.5) is 4.39 Å². The number of hydrogen-bond donors (Lipinski definition) is 1. The highest BCUT2D eigenvalue weighted by atomic mass is 35.5. The molecule has 0 spiro atoms. The molecule has 4 heteroatoms. The van der Waals surface area contributed by atoms with E-state index in [0.717, 1.165) is 12.8 Å². The van der Waals surface area contributed by atoms with E-state index in [1.54, 1.807) is 19.2 Å². The molecule has 1 fully saturated rings. The van der Waals surface area contributed by atoms with Crippen molar-refractivity contribution in [2.24, 2.45) is 11.7 Å². The van der Waals surface area contributed by atoms with E-state index in [4.69, 9.17) is 10.5 Å². The zero-order valence-corrected chi connectivity index (χ0v) is 10.8. The molecule has 0 aromatic heterocycles. The number of methoxy groups -OCH3 is 1. The first-order chi connectivity index (χ1) is 7.74. The van der Waals surface area contributed by atoms with Crippen LogP contribution in [0.15, 0.2) is 18.2 Å². The summed E-state index contributed by atoms with van der Waals surface area (Å²) in [4.78, 5) is 0. The van der Waals surface area contributed by atoms with E-state index in [2.05, 4.69) is 0 Å². The lowest BCUT2D eigenvalue weighted by molar-refractivity contribution is 0.374. The highest BCUT2D eigenvalue weighted by Gasteiger charge is 2.27. The summed E-state index contributed by atoms with van der Waals surface area (Å²) in [6, 6.07) is 4.64. The zero-order chi connectivity index (χ0) is 11.5. The van der Waals surface area contributed by atoms with Crippen LogP contribution in [0.1, 0.15) is 37.3 Å². The maximum absolute atomic E-state index is 13.8. The Morgan fingerprint density at radius 3 is 2.59 bits per heavy atom. The Bertz CT molecular complexity index is 366. The van der Waals surface area contributed by atoms with E-state index in [0.29, 0.717) is 17.2 Å². The van der Waals surface area contributed by atoms with Gasteiger partial charge in [0, 0.05) is 11.6 Å². The van der Waals surface area contributed by atoms with Crippen LogP contribution in [-0.4, -0.2) is 7.11 Å². The van der Waals surface area contributed by atoms with Gasteiger partial charge in [-0.3, -0.25) is 0 Å². The molecule has 1 aliphatic rings. The largest absolute Gasteiger partial charge is 0.496 e. The molecule has 2 nitrogen and oxygen atoms in total. The van der Waals surface area contributed by atoms with Crippen LogP contribution in [0.25, 0.3) is 0 Å². The summed E-state index contributed by atoms with van der Waals surface area (Å²) in [6.07, 6.45) is 4.60. The number of halogens is 2. The van der Waals surface area contributed by atoms with Crippen LogP contribution in [0, 0.1) is 11.7 Å². The molecule has 96 valence electrons. The number of nitrogens with two attached hydrogens (primary N) is 1. The Morgan fingerprint density at radius 1 is 1.35 bits per heavy atom. The van der Waals surface area contributed by atoms with Gasteiger partial charge in [0.2, 0.25) is 0 Å². The molecule has 0 bridgehead atoms. The van der Waals surface area contributed by atoms with Gasteiger partial charge in [-0.15, -0.1) is 12.4 Å². The minimum Gasteiger partial charge on any atom is -0.496 e. The number of benzene rings is 1. The van der Waals surface area contributed by atoms with Gasteiger partial charge >= 0.3 is 0 Å². The van der Waals surface area contributed by atoms with Crippen LogP contribution in [0.5, 0.6) is 5.75 Å². The fraction of sp³-hybridized carbons (Fsp3) is 0.538. The molecule has 0 saturated heterocycles. The van der Waals surface area contributed by atoms with Gasteiger partial charge in [0.1, 0.15) is 11.6 Å². The summed E-state index contributed by atoms with van der Waals surface area (Å²) in [7, 11) is 1.56. The molecule has 1 aromatic carbocycles. The molecule has 1 atom stereocenters. The van der Waals surface area contributed by atoms with Crippen LogP contribution in [-0.2, 0) is 0 Å². The van der Waals surface area contributed by atoms with Crippen LogP contribution >= 0.6 is 12.4 Å². The predicted octanol–water partition coefficient (Wildman–Crippen LogP) is 3.45. The minimum atomic E-state index is -0.251. The molecule has 0 aliphatic heterocycles. The lowest BCUT2D eigenvalue weighted by Crippen LogP contribution is -2.21. The molecule has 1 aliphatic carbocycles. The molecule has 0 amide bonds. The van der Waals surface area contributed by atoms with Crippen molar-refractivity contribution in [3.63, 3.8) is 0 Å². The molecule has 1 aromatic rings. The summed E-state index contributed by atoms with van der Waals surface area (Å²) in [5.41, 5.74) is 6.70. The molecular weight excluding hydrogens is 241 g/mol. The topological polar surface area (TPSA) is 35.2 Å². The Kier molecular flexibility index (Phi) is 5.22. The van der Waals surface area contributed by atoms with Gasteiger partial charge in [-0.05, 0) is 30.9 Å². The quantitative estimate of drug-likeness (QED) is 0.902. The average Bonchev–Trinajstić information content (AvgIpc) is 2.81. The second kappa shape index (κ2) is 6.22. The van der Waals surface area contributed by atoms with E-state index in [-0.39, 0.29) is 24.3 Å². The van der Waals surface area contributed by atoms with Crippen molar-refractivity contribution in [1.29, 1.82) is 0 Å². The molecule has 0 radical (unpaired) electrons. The third kappa shape index (κ3) is 2.90. The third-order valence-electron chi connectivity index (χ3n) is 3.47. The first kappa shape index (κ1) is 14.3. The first-order valence-electron chi connectivity index (χ1n) is 5.82. The van der Waals surface area contributed by atoms with Crippen molar-refractivity contribution in [2.45, 2.75) is 31.7 Å². The van der Waals surface area contributed by atoms with Gasteiger partial charge in [-0.25, -0.2) is 4.39 Å². The van der Waals surface area contributed by atoms with Gasteiger partial charge in [-0.2, -0.15) is 0 Å². The Morgan fingerprint density at radius 2 is 2.00 bits per heavy atom. The van der Waals surface area contributed by atoms with E-state index < -0.39 is 0 Å². The number of hydrogen-bond acceptors (Lipinski definition) is 2. The Labute approximate surface area is 108 Å². The maximum atomic E-state index is 13.8. The Balaban J connectivity index is 0.00000144. The molecule has 0 heterocycles. The van der Waals surface area contributed by atoms with Crippen molar-refractivity contribution in [1.82, 2.24) is 0 Å². The number of ether oxygens (including phenoxy) is 1. The van der Waals surface area contributed by atoms with Crippen molar-refractivity contribution in [2.75, 3.05) is 7.11 Å². The standard InChI is InChI=1S/C13H18FNO.ClH/c1-16-11-8-4-7-10(14)12(11)13(15)9-5-2-3-6-9;/h4,7-9,13H,2-3,5-6,15H2,1H3;1H/t13-;/m0./s1. The van der Waals surface area contributed by atoms with Crippen molar-refractivity contribution in [3.8, 4) is 5.75 Å². The SMILES string of the molecule is COc1cccc(F)c1[C@@H](N)C1CCCC1.Cl. The second-order valence-electron chi connectivity index (χ2n) is 4.43. The van der Waals surface area contributed by atoms with Gasteiger partial charge in [-0.1, -0.05) is 18.9 Å². The average molecular weight is 260 g/mol. The van der Waals surface area contributed by atoms with Crippen LogP contribution < -0.4 is 10.5 Å².